The van der Waals surface area contributed by atoms with Gasteiger partial charge >= 0.3 is 0 Å². The topological polar surface area (TPSA) is 57.7 Å². The zero-order chi connectivity index (χ0) is 11.7. The normalized spacial score (nSPS) is 11.0. The van der Waals surface area contributed by atoms with Gasteiger partial charge in [0, 0.05) is 13.1 Å². The Balaban J connectivity index is 2.66. The lowest BCUT2D eigenvalue weighted by atomic mass is 10.4. The molecule has 0 fully saturated rings. The minimum absolute atomic E-state index is 0.756. The summed E-state index contributed by atoms with van der Waals surface area (Å²) in [5, 5.41) is 0. The SMILES string of the molecule is CCN(CC)c1nc(C)nc2nc(C)[nH]c12. The van der Waals surface area contributed by atoms with Crippen LogP contribution in [0.25, 0.3) is 11.2 Å². The zero-order valence-electron chi connectivity index (χ0n) is 10.2. The van der Waals surface area contributed by atoms with Crippen molar-refractivity contribution in [2.75, 3.05) is 18.0 Å². The largest absolute Gasteiger partial charge is 0.355 e. The Morgan fingerprint density at radius 2 is 1.75 bits per heavy atom. The van der Waals surface area contributed by atoms with Gasteiger partial charge in [0.25, 0.3) is 0 Å². The Morgan fingerprint density at radius 3 is 2.38 bits per heavy atom. The molecule has 86 valence electrons. The fourth-order valence-corrected chi connectivity index (χ4v) is 1.86. The summed E-state index contributed by atoms with van der Waals surface area (Å²) >= 11 is 0. The molecule has 0 aliphatic carbocycles. The molecule has 0 atom stereocenters. The number of aromatic nitrogens is 4. The number of aromatic amines is 1. The first-order chi connectivity index (χ1) is 7.65. The fraction of sp³-hybridized carbons (Fsp3) is 0.545. The van der Waals surface area contributed by atoms with Gasteiger partial charge in [-0.15, -0.1) is 0 Å². The number of H-pyrrole nitrogens is 1. The van der Waals surface area contributed by atoms with Crippen LogP contribution < -0.4 is 4.90 Å². The third-order valence-corrected chi connectivity index (χ3v) is 2.63. The molecule has 0 bridgehead atoms. The van der Waals surface area contributed by atoms with E-state index in [2.05, 4.69) is 38.7 Å². The molecule has 0 aliphatic rings. The molecule has 1 N–H and O–H groups in total. The van der Waals surface area contributed by atoms with Gasteiger partial charge in [0.05, 0.1) is 0 Å². The number of aryl methyl sites for hydroxylation is 2. The Bertz CT molecular complexity index is 498. The molecule has 2 aromatic heterocycles. The van der Waals surface area contributed by atoms with Crippen LogP contribution in [0.2, 0.25) is 0 Å². The summed E-state index contributed by atoms with van der Waals surface area (Å²) in [4.78, 5) is 18.6. The Hall–Kier alpha value is -1.65. The van der Waals surface area contributed by atoms with Crippen molar-refractivity contribution in [3.05, 3.63) is 11.6 Å². The molecule has 0 saturated carbocycles. The Morgan fingerprint density at radius 1 is 1.06 bits per heavy atom. The molecule has 0 unspecified atom stereocenters. The van der Waals surface area contributed by atoms with Crippen molar-refractivity contribution in [1.82, 2.24) is 19.9 Å². The summed E-state index contributed by atoms with van der Waals surface area (Å²) < 4.78 is 0. The molecule has 0 radical (unpaired) electrons. The van der Waals surface area contributed by atoms with Gasteiger partial charge in [-0.3, -0.25) is 0 Å². The van der Waals surface area contributed by atoms with Gasteiger partial charge in [-0.05, 0) is 27.7 Å². The van der Waals surface area contributed by atoms with Crippen molar-refractivity contribution in [2.24, 2.45) is 0 Å². The van der Waals surface area contributed by atoms with Crippen LogP contribution in [0.1, 0.15) is 25.5 Å². The standard InChI is InChI=1S/C11H17N5/c1-5-16(6-2)11-9-10(13-7(3)12-9)14-8(4)15-11/h5-6H2,1-4H3,(H,12,13,14,15). The van der Waals surface area contributed by atoms with Crippen molar-refractivity contribution < 1.29 is 0 Å². The van der Waals surface area contributed by atoms with E-state index in [0.717, 1.165) is 41.7 Å². The van der Waals surface area contributed by atoms with E-state index < -0.39 is 0 Å². The highest BCUT2D eigenvalue weighted by Gasteiger charge is 2.13. The summed E-state index contributed by atoms with van der Waals surface area (Å²) in [5.74, 6) is 2.59. The van der Waals surface area contributed by atoms with E-state index in [0.29, 0.717) is 0 Å². The molecule has 2 aromatic rings. The number of nitrogens with one attached hydrogen (secondary N) is 1. The van der Waals surface area contributed by atoms with Crippen LogP contribution in [0.5, 0.6) is 0 Å². The number of fused-ring (bicyclic) bond motifs is 1. The van der Waals surface area contributed by atoms with E-state index in [1.807, 2.05) is 13.8 Å². The predicted molar refractivity (Wildman–Crippen MR) is 64.7 cm³/mol. The predicted octanol–water partition coefficient (Wildman–Crippen LogP) is 1.82. The lowest BCUT2D eigenvalue weighted by Gasteiger charge is -2.20. The lowest BCUT2D eigenvalue weighted by molar-refractivity contribution is 0.841. The molecule has 0 aliphatic heterocycles. The average molecular weight is 219 g/mol. The first-order valence-corrected chi connectivity index (χ1v) is 5.61. The van der Waals surface area contributed by atoms with Gasteiger partial charge in [0.2, 0.25) is 0 Å². The van der Waals surface area contributed by atoms with Crippen molar-refractivity contribution >= 4 is 17.0 Å². The molecule has 5 heteroatoms. The number of hydrogen-bond donors (Lipinski definition) is 1. The number of hydrogen-bond acceptors (Lipinski definition) is 4. The summed E-state index contributed by atoms with van der Waals surface area (Å²) in [7, 11) is 0. The van der Waals surface area contributed by atoms with E-state index >= 15 is 0 Å². The maximum absolute atomic E-state index is 4.50. The third kappa shape index (κ3) is 1.73. The summed E-state index contributed by atoms with van der Waals surface area (Å²) in [6, 6.07) is 0. The molecule has 0 spiro atoms. The van der Waals surface area contributed by atoms with Crippen molar-refractivity contribution in [3.63, 3.8) is 0 Å². The van der Waals surface area contributed by atoms with Crippen LogP contribution in [-0.4, -0.2) is 33.0 Å². The highest BCUT2D eigenvalue weighted by molar-refractivity contribution is 5.83. The number of rotatable bonds is 3. The Labute approximate surface area is 94.9 Å². The molecule has 0 amide bonds. The molecule has 5 nitrogen and oxygen atoms in total. The molecule has 2 rings (SSSR count). The number of anilines is 1. The lowest BCUT2D eigenvalue weighted by Crippen LogP contribution is -2.23. The maximum Gasteiger partial charge on any atom is 0.183 e. The van der Waals surface area contributed by atoms with E-state index in [4.69, 9.17) is 0 Å². The smallest absolute Gasteiger partial charge is 0.183 e. The molecule has 16 heavy (non-hydrogen) atoms. The second kappa shape index (κ2) is 4.08. The van der Waals surface area contributed by atoms with Gasteiger partial charge in [-0.25, -0.2) is 15.0 Å². The summed E-state index contributed by atoms with van der Waals surface area (Å²) in [5.41, 5.74) is 1.69. The average Bonchev–Trinajstić information content (AvgIpc) is 2.60. The maximum atomic E-state index is 4.50. The van der Waals surface area contributed by atoms with Crippen LogP contribution in [0.4, 0.5) is 5.82 Å². The quantitative estimate of drug-likeness (QED) is 0.855. The van der Waals surface area contributed by atoms with Crippen LogP contribution in [0.15, 0.2) is 0 Å². The van der Waals surface area contributed by atoms with E-state index in [9.17, 15) is 0 Å². The molecule has 2 heterocycles. The minimum Gasteiger partial charge on any atom is -0.355 e. The molecular formula is C11H17N5. The van der Waals surface area contributed by atoms with Gasteiger partial charge in [0.15, 0.2) is 11.5 Å². The first-order valence-electron chi connectivity index (χ1n) is 5.61. The summed E-state index contributed by atoms with van der Waals surface area (Å²) in [6.07, 6.45) is 0. The second-order valence-corrected chi connectivity index (χ2v) is 3.79. The highest BCUT2D eigenvalue weighted by atomic mass is 15.2. The molecule has 0 aromatic carbocycles. The fourth-order valence-electron chi connectivity index (χ4n) is 1.86. The van der Waals surface area contributed by atoms with E-state index in [1.165, 1.54) is 0 Å². The van der Waals surface area contributed by atoms with E-state index in [-0.39, 0.29) is 0 Å². The molecular weight excluding hydrogens is 202 g/mol. The summed E-state index contributed by atoms with van der Waals surface area (Å²) in [6.45, 7) is 9.94. The van der Waals surface area contributed by atoms with E-state index in [1.54, 1.807) is 0 Å². The Kier molecular flexibility index (Phi) is 2.77. The van der Waals surface area contributed by atoms with Crippen LogP contribution in [0, 0.1) is 13.8 Å². The van der Waals surface area contributed by atoms with Crippen molar-refractivity contribution in [1.29, 1.82) is 0 Å². The number of imidazole rings is 1. The minimum atomic E-state index is 0.756. The van der Waals surface area contributed by atoms with Gasteiger partial charge in [0.1, 0.15) is 17.2 Å². The monoisotopic (exact) mass is 219 g/mol. The molecule has 0 saturated heterocycles. The van der Waals surface area contributed by atoms with Crippen molar-refractivity contribution in [3.8, 4) is 0 Å². The highest BCUT2D eigenvalue weighted by Crippen LogP contribution is 2.21. The number of nitrogens with zero attached hydrogens (tertiary/aromatic N) is 4. The van der Waals surface area contributed by atoms with Gasteiger partial charge < -0.3 is 9.88 Å². The van der Waals surface area contributed by atoms with Gasteiger partial charge in [-0.2, -0.15) is 0 Å². The van der Waals surface area contributed by atoms with Crippen molar-refractivity contribution in [2.45, 2.75) is 27.7 Å². The van der Waals surface area contributed by atoms with Crippen LogP contribution in [0.3, 0.4) is 0 Å². The van der Waals surface area contributed by atoms with Crippen LogP contribution in [-0.2, 0) is 0 Å². The van der Waals surface area contributed by atoms with Gasteiger partial charge in [-0.1, -0.05) is 0 Å². The van der Waals surface area contributed by atoms with Crippen LogP contribution >= 0.6 is 0 Å². The first kappa shape index (κ1) is 10.9. The zero-order valence-corrected chi connectivity index (χ0v) is 10.2. The second-order valence-electron chi connectivity index (χ2n) is 3.79. The third-order valence-electron chi connectivity index (χ3n) is 2.63.